The molecule has 0 aliphatic carbocycles. The molecule has 1 atom stereocenters. The predicted molar refractivity (Wildman–Crippen MR) is 77.9 cm³/mol. The molecule has 2 aromatic rings. The molecule has 5 heteroatoms. The molecule has 1 amide bonds. The van der Waals surface area contributed by atoms with Crippen molar-refractivity contribution in [2.45, 2.75) is 6.42 Å². The van der Waals surface area contributed by atoms with Gasteiger partial charge in [0.25, 0.3) is 0 Å². The summed E-state index contributed by atoms with van der Waals surface area (Å²) in [5.74, 6) is 1.24. The number of amides is 1. The van der Waals surface area contributed by atoms with E-state index in [9.17, 15) is 4.79 Å². The quantitative estimate of drug-likeness (QED) is 0.870. The minimum Gasteiger partial charge on any atom is -0.310 e. The predicted octanol–water partition coefficient (Wildman–Crippen LogP) is 2.16. The van der Waals surface area contributed by atoms with E-state index in [0.717, 1.165) is 23.7 Å². The van der Waals surface area contributed by atoms with E-state index in [1.165, 1.54) is 0 Å². The Morgan fingerprint density at radius 2 is 2.05 bits per heavy atom. The van der Waals surface area contributed by atoms with Crippen molar-refractivity contribution in [2.75, 3.05) is 17.2 Å². The molecule has 1 aliphatic rings. The molecule has 0 N–H and O–H groups in total. The molecule has 1 aromatic carbocycles. The number of hydrogen-bond acceptors (Lipinski definition) is 3. The Bertz CT molecular complexity index is 582. The van der Waals surface area contributed by atoms with Crippen molar-refractivity contribution in [1.82, 2.24) is 9.78 Å². The average Bonchev–Trinajstić information content (AvgIpc) is 3.08. The van der Waals surface area contributed by atoms with Crippen molar-refractivity contribution in [3.63, 3.8) is 0 Å². The number of aromatic nitrogens is 2. The van der Waals surface area contributed by atoms with Crippen molar-refractivity contribution in [3.8, 4) is 5.69 Å². The molecule has 1 aromatic heterocycles. The SMILES string of the molecule is O=C1CC(CS)CN1c1ccccc1-n1cccn1. The Kier molecular flexibility index (Phi) is 3.29. The zero-order chi connectivity index (χ0) is 13.2. The maximum atomic E-state index is 12.1. The summed E-state index contributed by atoms with van der Waals surface area (Å²) < 4.78 is 1.79. The van der Waals surface area contributed by atoms with E-state index in [-0.39, 0.29) is 5.91 Å². The molecule has 0 radical (unpaired) electrons. The summed E-state index contributed by atoms with van der Waals surface area (Å²) in [5, 5.41) is 4.25. The Balaban J connectivity index is 2.00. The van der Waals surface area contributed by atoms with Crippen LogP contribution in [0.4, 0.5) is 5.69 Å². The highest BCUT2D eigenvalue weighted by Gasteiger charge is 2.31. The van der Waals surface area contributed by atoms with Crippen LogP contribution in [0.3, 0.4) is 0 Å². The van der Waals surface area contributed by atoms with Gasteiger partial charge in [-0.25, -0.2) is 4.68 Å². The van der Waals surface area contributed by atoms with Crippen LogP contribution in [0.2, 0.25) is 0 Å². The zero-order valence-electron chi connectivity index (χ0n) is 10.4. The molecular weight excluding hydrogens is 258 g/mol. The first kappa shape index (κ1) is 12.3. The molecule has 0 spiro atoms. The van der Waals surface area contributed by atoms with Crippen molar-refractivity contribution in [2.24, 2.45) is 5.92 Å². The third-order valence-corrected chi connectivity index (χ3v) is 3.90. The van der Waals surface area contributed by atoms with Gasteiger partial charge in [0.15, 0.2) is 0 Å². The summed E-state index contributed by atoms with van der Waals surface area (Å²) in [4.78, 5) is 14.0. The van der Waals surface area contributed by atoms with E-state index in [2.05, 4.69) is 17.7 Å². The number of thiol groups is 1. The monoisotopic (exact) mass is 273 g/mol. The van der Waals surface area contributed by atoms with Gasteiger partial charge in [0.1, 0.15) is 0 Å². The average molecular weight is 273 g/mol. The second-order valence-electron chi connectivity index (χ2n) is 4.70. The van der Waals surface area contributed by atoms with E-state index in [0.29, 0.717) is 12.3 Å². The van der Waals surface area contributed by atoms with Crippen molar-refractivity contribution >= 4 is 24.2 Å². The lowest BCUT2D eigenvalue weighted by Gasteiger charge is -2.20. The third kappa shape index (κ3) is 2.26. The van der Waals surface area contributed by atoms with Crippen LogP contribution in [0, 0.1) is 5.92 Å². The highest BCUT2D eigenvalue weighted by molar-refractivity contribution is 7.80. The van der Waals surface area contributed by atoms with Crippen LogP contribution in [-0.4, -0.2) is 28.0 Å². The molecular formula is C14H15N3OS. The molecule has 0 bridgehead atoms. The van der Waals surface area contributed by atoms with Crippen LogP contribution in [0.1, 0.15) is 6.42 Å². The highest BCUT2D eigenvalue weighted by atomic mass is 32.1. The van der Waals surface area contributed by atoms with Crippen LogP contribution in [0.5, 0.6) is 0 Å². The van der Waals surface area contributed by atoms with Gasteiger partial charge in [-0.3, -0.25) is 4.79 Å². The molecule has 4 nitrogen and oxygen atoms in total. The highest BCUT2D eigenvalue weighted by Crippen LogP contribution is 2.30. The van der Waals surface area contributed by atoms with Crippen molar-refractivity contribution < 1.29 is 4.79 Å². The van der Waals surface area contributed by atoms with E-state index >= 15 is 0 Å². The second-order valence-corrected chi connectivity index (χ2v) is 5.06. The summed E-state index contributed by atoms with van der Waals surface area (Å²) in [7, 11) is 0. The lowest BCUT2D eigenvalue weighted by atomic mass is 10.1. The Morgan fingerprint density at radius 1 is 1.26 bits per heavy atom. The minimum atomic E-state index is 0.165. The minimum absolute atomic E-state index is 0.165. The normalized spacial score (nSPS) is 19.1. The number of carbonyl (C=O) groups is 1. The van der Waals surface area contributed by atoms with Crippen LogP contribution in [0.25, 0.3) is 5.69 Å². The molecule has 19 heavy (non-hydrogen) atoms. The summed E-state index contributed by atoms with van der Waals surface area (Å²) in [6, 6.07) is 9.72. The van der Waals surface area contributed by atoms with Gasteiger partial charge in [0.05, 0.1) is 11.4 Å². The fraction of sp³-hybridized carbons (Fsp3) is 0.286. The number of carbonyl (C=O) groups excluding carboxylic acids is 1. The van der Waals surface area contributed by atoms with Crippen LogP contribution >= 0.6 is 12.6 Å². The molecule has 1 saturated heterocycles. The van der Waals surface area contributed by atoms with Gasteiger partial charge in [-0.15, -0.1) is 0 Å². The summed E-state index contributed by atoms with van der Waals surface area (Å²) >= 11 is 4.30. The number of anilines is 1. The maximum Gasteiger partial charge on any atom is 0.227 e. The summed E-state index contributed by atoms with van der Waals surface area (Å²) in [5.41, 5.74) is 1.85. The van der Waals surface area contributed by atoms with Crippen molar-refractivity contribution in [1.29, 1.82) is 0 Å². The first-order chi connectivity index (χ1) is 9.29. The molecule has 1 fully saturated rings. The first-order valence-electron chi connectivity index (χ1n) is 6.30. The van der Waals surface area contributed by atoms with Crippen LogP contribution < -0.4 is 4.90 Å². The smallest absolute Gasteiger partial charge is 0.227 e. The van der Waals surface area contributed by atoms with Gasteiger partial charge in [0.2, 0.25) is 5.91 Å². The summed E-state index contributed by atoms with van der Waals surface area (Å²) in [6.07, 6.45) is 4.20. The van der Waals surface area contributed by atoms with E-state index in [1.54, 1.807) is 10.9 Å². The lowest BCUT2D eigenvalue weighted by molar-refractivity contribution is -0.117. The Morgan fingerprint density at radius 3 is 2.68 bits per heavy atom. The van der Waals surface area contributed by atoms with Gasteiger partial charge >= 0.3 is 0 Å². The van der Waals surface area contributed by atoms with Gasteiger partial charge in [-0.2, -0.15) is 17.7 Å². The number of benzene rings is 1. The molecule has 0 saturated carbocycles. The lowest BCUT2D eigenvalue weighted by Crippen LogP contribution is -2.26. The summed E-state index contributed by atoms with van der Waals surface area (Å²) in [6.45, 7) is 0.737. The molecule has 2 heterocycles. The van der Waals surface area contributed by atoms with Gasteiger partial charge in [0, 0.05) is 25.4 Å². The fourth-order valence-electron chi connectivity index (χ4n) is 2.43. The molecule has 1 unspecified atom stereocenters. The molecule has 1 aliphatic heterocycles. The third-order valence-electron chi connectivity index (χ3n) is 3.39. The van der Waals surface area contributed by atoms with E-state index in [1.807, 2.05) is 41.4 Å². The number of rotatable bonds is 3. The van der Waals surface area contributed by atoms with Crippen molar-refractivity contribution in [3.05, 3.63) is 42.7 Å². The van der Waals surface area contributed by atoms with E-state index < -0.39 is 0 Å². The second kappa shape index (κ2) is 5.09. The fourth-order valence-corrected chi connectivity index (χ4v) is 2.68. The Labute approximate surface area is 117 Å². The van der Waals surface area contributed by atoms with Gasteiger partial charge in [-0.05, 0) is 29.9 Å². The zero-order valence-corrected chi connectivity index (χ0v) is 11.3. The topological polar surface area (TPSA) is 38.1 Å². The number of para-hydroxylation sites is 2. The Hall–Kier alpha value is -1.75. The van der Waals surface area contributed by atoms with Crippen LogP contribution in [0.15, 0.2) is 42.7 Å². The molecule has 98 valence electrons. The van der Waals surface area contributed by atoms with Gasteiger partial charge < -0.3 is 4.90 Å². The van der Waals surface area contributed by atoms with E-state index in [4.69, 9.17) is 0 Å². The first-order valence-corrected chi connectivity index (χ1v) is 6.93. The number of hydrogen-bond donors (Lipinski definition) is 1. The number of nitrogens with zero attached hydrogens (tertiary/aromatic N) is 3. The standard InChI is InChI=1S/C14H15N3OS/c18-14-8-11(10-19)9-16(14)12-4-1-2-5-13(12)17-7-3-6-15-17/h1-7,11,19H,8-10H2. The largest absolute Gasteiger partial charge is 0.310 e. The van der Waals surface area contributed by atoms with Crippen LogP contribution in [-0.2, 0) is 4.79 Å². The molecule has 3 rings (SSSR count). The van der Waals surface area contributed by atoms with Gasteiger partial charge in [-0.1, -0.05) is 12.1 Å². The maximum absolute atomic E-state index is 12.1.